The van der Waals surface area contributed by atoms with Crippen LogP contribution in [0.25, 0.3) is 0 Å². The SMILES string of the molecule is O=C(OCc1ncccc1Cl)n1ccnc1. The van der Waals surface area contributed by atoms with E-state index < -0.39 is 6.09 Å². The highest BCUT2D eigenvalue weighted by Gasteiger charge is 2.07. The molecule has 0 radical (unpaired) electrons. The highest BCUT2D eigenvalue weighted by Crippen LogP contribution is 2.13. The van der Waals surface area contributed by atoms with E-state index in [4.69, 9.17) is 16.3 Å². The molecule has 0 aliphatic rings. The van der Waals surface area contributed by atoms with Crippen LogP contribution < -0.4 is 0 Å². The van der Waals surface area contributed by atoms with Crippen LogP contribution in [-0.2, 0) is 11.3 Å². The van der Waals surface area contributed by atoms with Gasteiger partial charge in [0.05, 0.1) is 10.7 Å². The predicted octanol–water partition coefficient (Wildman–Crippen LogP) is 2.12. The van der Waals surface area contributed by atoms with E-state index in [2.05, 4.69) is 9.97 Å². The number of pyridine rings is 1. The zero-order valence-corrected chi connectivity index (χ0v) is 8.96. The van der Waals surface area contributed by atoms with Crippen LogP contribution in [0.5, 0.6) is 0 Å². The first kappa shape index (κ1) is 10.6. The number of carbonyl (C=O) groups excluding carboxylic acids is 1. The maximum Gasteiger partial charge on any atom is 0.419 e. The van der Waals surface area contributed by atoms with Crippen LogP contribution in [0.2, 0.25) is 5.02 Å². The summed E-state index contributed by atoms with van der Waals surface area (Å²) in [7, 11) is 0. The summed E-state index contributed by atoms with van der Waals surface area (Å²) in [5.74, 6) is 0. The molecule has 16 heavy (non-hydrogen) atoms. The Kier molecular flexibility index (Phi) is 3.16. The Hall–Kier alpha value is -1.88. The molecule has 0 saturated carbocycles. The summed E-state index contributed by atoms with van der Waals surface area (Å²) in [5.41, 5.74) is 0.526. The Labute approximate surface area is 96.7 Å². The van der Waals surface area contributed by atoms with Gasteiger partial charge in [0.25, 0.3) is 0 Å². The maximum absolute atomic E-state index is 11.4. The maximum atomic E-state index is 11.4. The van der Waals surface area contributed by atoms with Crippen LogP contribution in [0.4, 0.5) is 4.79 Å². The third kappa shape index (κ3) is 2.38. The molecule has 0 atom stereocenters. The fourth-order valence-corrected chi connectivity index (χ4v) is 1.27. The van der Waals surface area contributed by atoms with Crippen LogP contribution in [0.3, 0.4) is 0 Å². The van der Waals surface area contributed by atoms with Crippen LogP contribution in [0, 0.1) is 0 Å². The summed E-state index contributed by atoms with van der Waals surface area (Å²) in [6.07, 6.45) is 5.44. The largest absolute Gasteiger partial charge is 0.442 e. The number of imidazole rings is 1. The van der Waals surface area contributed by atoms with Crippen molar-refractivity contribution in [2.24, 2.45) is 0 Å². The summed E-state index contributed by atoms with van der Waals surface area (Å²) in [4.78, 5) is 19.2. The van der Waals surface area contributed by atoms with E-state index in [1.807, 2.05) is 0 Å². The fourth-order valence-electron chi connectivity index (χ4n) is 1.10. The van der Waals surface area contributed by atoms with E-state index in [1.54, 1.807) is 18.3 Å². The minimum atomic E-state index is -0.515. The Morgan fingerprint density at radius 3 is 3.06 bits per heavy atom. The molecule has 2 rings (SSSR count). The van der Waals surface area contributed by atoms with Gasteiger partial charge >= 0.3 is 6.09 Å². The average molecular weight is 238 g/mol. The molecule has 0 amide bonds. The van der Waals surface area contributed by atoms with Crippen molar-refractivity contribution in [1.82, 2.24) is 14.5 Å². The lowest BCUT2D eigenvalue weighted by atomic mass is 10.4. The first-order valence-electron chi connectivity index (χ1n) is 4.52. The van der Waals surface area contributed by atoms with Crippen LogP contribution in [0.15, 0.2) is 37.1 Å². The number of hydrogen-bond acceptors (Lipinski definition) is 4. The van der Waals surface area contributed by atoms with Crippen LogP contribution in [0.1, 0.15) is 5.69 Å². The number of aromatic nitrogens is 3. The van der Waals surface area contributed by atoms with Gasteiger partial charge in [0.15, 0.2) is 0 Å². The van der Waals surface area contributed by atoms with Crippen LogP contribution >= 0.6 is 11.6 Å². The molecule has 2 aromatic heterocycles. The number of nitrogens with zero attached hydrogens (tertiary/aromatic N) is 3. The minimum Gasteiger partial charge on any atom is -0.442 e. The summed E-state index contributed by atoms with van der Waals surface area (Å²) >= 11 is 5.86. The van der Waals surface area contributed by atoms with Crippen molar-refractivity contribution in [3.63, 3.8) is 0 Å². The van der Waals surface area contributed by atoms with Crippen molar-refractivity contribution >= 4 is 17.7 Å². The van der Waals surface area contributed by atoms with Crippen molar-refractivity contribution in [2.75, 3.05) is 0 Å². The molecule has 2 aromatic rings. The predicted molar refractivity (Wildman–Crippen MR) is 57.1 cm³/mol. The first-order valence-corrected chi connectivity index (χ1v) is 4.89. The van der Waals surface area contributed by atoms with Gasteiger partial charge in [0, 0.05) is 18.6 Å². The topological polar surface area (TPSA) is 57.0 Å². The normalized spacial score (nSPS) is 10.1. The zero-order chi connectivity index (χ0) is 11.4. The van der Waals surface area contributed by atoms with Crippen molar-refractivity contribution < 1.29 is 9.53 Å². The molecular weight excluding hydrogens is 230 g/mol. The highest BCUT2D eigenvalue weighted by molar-refractivity contribution is 6.31. The molecule has 0 aliphatic carbocycles. The number of hydrogen-bond donors (Lipinski definition) is 0. The van der Waals surface area contributed by atoms with Gasteiger partial charge in [0.2, 0.25) is 0 Å². The zero-order valence-electron chi connectivity index (χ0n) is 8.21. The van der Waals surface area contributed by atoms with Crippen LogP contribution in [-0.4, -0.2) is 20.6 Å². The molecule has 0 aliphatic heterocycles. The molecule has 0 fully saturated rings. The number of halogens is 1. The first-order chi connectivity index (χ1) is 7.77. The Bertz CT molecular complexity index is 485. The van der Waals surface area contributed by atoms with Gasteiger partial charge in [-0.1, -0.05) is 11.6 Å². The second kappa shape index (κ2) is 4.76. The molecule has 0 bridgehead atoms. The van der Waals surface area contributed by atoms with Gasteiger partial charge < -0.3 is 4.74 Å². The molecule has 0 spiro atoms. The highest BCUT2D eigenvalue weighted by atomic mass is 35.5. The summed E-state index contributed by atoms with van der Waals surface area (Å²) in [6.45, 7) is 0.0384. The summed E-state index contributed by atoms with van der Waals surface area (Å²) in [6, 6.07) is 3.40. The van der Waals surface area contributed by atoms with Crippen molar-refractivity contribution in [3.05, 3.63) is 47.8 Å². The second-order valence-corrected chi connectivity index (χ2v) is 3.36. The smallest absolute Gasteiger partial charge is 0.419 e. The van der Waals surface area contributed by atoms with Gasteiger partial charge in [-0.25, -0.2) is 14.3 Å². The number of rotatable bonds is 2. The Morgan fingerprint density at radius 1 is 1.50 bits per heavy atom. The van der Waals surface area contributed by atoms with Gasteiger partial charge in [0.1, 0.15) is 12.9 Å². The molecule has 82 valence electrons. The lowest BCUT2D eigenvalue weighted by Gasteiger charge is -2.05. The monoisotopic (exact) mass is 237 g/mol. The molecule has 0 aromatic carbocycles. The summed E-state index contributed by atoms with van der Waals surface area (Å²) in [5, 5.41) is 0.473. The van der Waals surface area contributed by atoms with E-state index in [1.165, 1.54) is 23.3 Å². The third-order valence-electron chi connectivity index (χ3n) is 1.88. The second-order valence-electron chi connectivity index (χ2n) is 2.96. The van der Waals surface area contributed by atoms with Gasteiger partial charge in [-0.05, 0) is 12.1 Å². The van der Waals surface area contributed by atoms with Crippen molar-refractivity contribution in [1.29, 1.82) is 0 Å². The Morgan fingerprint density at radius 2 is 2.38 bits per heavy atom. The molecule has 0 saturated heterocycles. The molecule has 0 unspecified atom stereocenters. The van der Waals surface area contributed by atoms with E-state index in [-0.39, 0.29) is 6.61 Å². The fraction of sp³-hybridized carbons (Fsp3) is 0.100. The summed E-state index contributed by atoms with van der Waals surface area (Å²) < 4.78 is 6.22. The van der Waals surface area contributed by atoms with Crippen molar-refractivity contribution in [2.45, 2.75) is 6.61 Å². The van der Waals surface area contributed by atoms with Gasteiger partial charge in [-0.15, -0.1) is 0 Å². The van der Waals surface area contributed by atoms with E-state index in [0.717, 1.165) is 0 Å². The molecule has 6 heteroatoms. The molecule has 0 N–H and O–H groups in total. The Balaban J connectivity index is 1.98. The third-order valence-corrected chi connectivity index (χ3v) is 2.23. The molecule has 5 nitrogen and oxygen atoms in total. The number of ether oxygens (including phenoxy) is 1. The quantitative estimate of drug-likeness (QED) is 0.803. The minimum absolute atomic E-state index is 0.0384. The van der Waals surface area contributed by atoms with E-state index in [9.17, 15) is 4.79 Å². The van der Waals surface area contributed by atoms with Crippen molar-refractivity contribution in [3.8, 4) is 0 Å². The van der Waals surface area contributed by atoms with Gasteiger partial charge in [-0.3, -0.25) is 4.98 Å². The molecular formula is C10H8ClN3O2. The van der Waals surface area contributed by atoms with E-state index in [0.29, 0.717) is 10.7 Å². The lowest BCUT2D eigenvalue weighted by molar-refractivity contribution is 0.140. The average Bonchev–Trinajstić information content (AvgIpc) is 2.81. The van der Waals surface area contributed by atoms with E-state index >= 15 is 0 Å². The standard InChI is InChI=1S/C10H8ClN3O2/c11-8-2-1-3-13-9(8)6-16-10(15)14-5-4-12-7-14/h1-5,7H,6H2. The number of carbonyl (C=O) groups is 1. The molecule has 2 heterocycles. The van der Waals surface area contributed by atoms with Gasteiger partial charge in [-0.2, -0.15) is 0 Å². The lowest BCUT2D eigenvalue weighted by Crippen LogP contribution is -2.12.